The second-order valence-electron chi connectivity index (χ2n) is 5.65. The van der Waals surface area contributed by atoms with Crippen LogP contribution in [0.25, 0.3) is 11.4 Å². The highest BCUT2D eigenvalue weighted by Crippen LogP contribution is 2.20. The van der Waals surface area contributed by atoms with E-state index in [-0.39, 0.29) is 5.91 Å². The lowest BCUT2D eigenvalue weighted by atomic mass is 10.1. The van der Waals surface area contributed by atoms with E-state index >= 15 is 0 Å². The van der Waals surface area contributed by atoms with Crippen LogP contribution in [0.3, 0.4) is 0 Å². The molecular weight excluding hydrogens is 342 g/mol. The molecule has 27 heavy (non-hydrogen) atoms. The van der Waals surface area contributed by atoms with Crippen molar-refractivity contribution in [1.29, 1.82) is 0 Å². The second-order valence-corrected chi connectivity index (χ2v) is 5.65. The standard InChI is InChI=1S/C19H15N7O/c27-18(24-15-6-1-4-13(10-15)17-22-12-23-26-17)14-5-2-7-16(11-14)25-19-20-8-3-9-21-19/h1-12H,(H,24,27)(H,20,21,25)(H,22,23,26). The van der Waals surface area contributed by atoms with Gasteiger partial charge in [-0.1, -0.05) is 18.2 Å². The van der Waals surface area contributed by atoms with Crippen molar-refractivity contribution in [3.8, 4) is 11.4 Å². The predicted molar refractivity (Wildman–Crippen MR) is 102 cm³/mol. The molecule has 0 saturated heterocycles. The molecule has 132 valence electrons. The largest absolute Gasteiger partial charge is 0.324 e. The third-order valence-electron chi connectivity index (χ3n) is 3.76. The lowest BCUT2D eigenvalue weighted by Gasteiger charge is -2.09. The minimum absolute atomic E-state index is 0.220. The van der Waals surface area contributed by atoms with Gasteiger partial charge in [0.15, 0.2) is 5.82 Å². The van der Waals surface area contributed by atoms with Crippen LogP contribution in [-0.2, 0) is 0 Å². The number of amides is 1. The molecule has 0 aliphatic rings. The number of aromatic nitrogens is 5. The van der Waals surface area contributed by atoms with Gasteiger partial charge in [0, 0.05) is 34.9 Å². The number of rotatable bonds is 5. The molecule has 2 aromatic heterocycles. The molecule has 4 rings (SSSR count). The van der Waals surface area contributed by atoms with E-state index in [0.717, 1.165) is 11.3 Å². The Kier molecular flexibility index (Phi) is 4.52. The average Bonchev–Trinajstić information content (AvgIpc) is 3.24. The van der Waals surface area contributed by atoms with E-state index in [1.807, 2.05) is 30.3 Å². The van der Waals surface area contributed by atoms with Gasteiger partial charge < -0.3 is 10.6 Å². The fourth-order valence-corrected chi connectivity index (χ4v) is 2.52. The molecule has 0 aliphatic heterocycles. The number of carbonyl (C=O) groups excluding carboxylic acids is 1. The summed E-state index contributed by atoms with van der Waals surface area (Å²) in [5, 5.41) is 12.6. The summed E-state index contributed by atoms with van der Waals surface area (Å²) in [5.41, 5.74) is 2.74. The Morgan fingerprint density at radius 1 is 0.889 bits per heavy atom. The van der Waals surface area contributed by atoms with Crippen molar-refractivity contribution >= 4 is 23.2 Å². The number of hydrogen-bond acceptors (Lipinski definition) is 6. The minimum atomic E-state index is -0.220. The van der Waals surface area contributed by atoms with Gasteiger partial charge in [-0.15, -0.1) is 0 Å². The number of anilines is 3. The lowest BCUT2D eigenvalue weighted by Crippen LogP contribution is -2.12. The van der Waals surface area contributed by atoms with Gasteiger partial charge in [0.25, 0.3) is 5.91 Å². The zero-order chi connectivity index (χ0) is 18.5. The zero-order valence-corrected chi connectivity index (χ0v) is 14.1. The van der Waals surface area contributed by atoms with Crippen LogP contribution < -0.4 is 10.6 Å². The number of nitrogens with one attached hydrogen (secondary N) is 3. The van der Waals surface area contributed by atoms with E-state index in [1.165, 1.54) is 6.33 Å². The van der Waals surface area contributed by atoms with Gasteiger partial charge in [-0.3, -0.25) is 9.89 Å². The van der Waals surface area contributed by atoms with Crippen LogP contribution in [0.15, 0.2) is 73.3 Å². The first-order valence-corrected chi connectivity index (χ1v) is 8.19. The van der Waals surface area contributed by atoms with Crippen molar-refractivity contribution < 1.29 is 4.79 Å². The van der Waals surface area contributed by atoms with E-state index in [1.54, 1.807) is 36.7 Å². The SMILES string of the molecule is O=C(Nc1cccc(-c2ncn[nH]2)c1)c1cccc(Nc2ncccn2)c1. The zero-order valence-electron chi connectivity index (χ0n) is 14.1. The molecular formula is C19H15N7O. The molecule has 0 aliphatic carbocycles. The van der Waals surface area contributed by atoms with Gasteiger partial charge in [-0.2, -0.15) is 5.10 Å². The van der Waals surface area contributed by atoms with E-state index in [4.69, 9.17) is 0 Å². The molecule has 2 aromatic carbocycles. The van der Waals surface area contributed by atoms with Crippen molar-refractivity contribution in [2.45, 2.75) is 0 Å². The number of hydrogen-bond donors (Lipinski definition) is 3. The first-order valence-electron chi connectivity index (χ1n) is 8.19. The van der Waals surface area contributed by atoms with Crippen molar-refractivity contribution in [3.63, 3.8) is 0 Å². The van der Waals surface area contributed by atoms with Crippen LogP contribution in [0.1, 0.15) is 10.4 Å². The highest BCUT2D eigenvalue weighted by Gasteiger charge is 2.09. The minimum Gasteiger partial charge on any atom is -0.324 e. The summed E-state index contributed by atoms with van der Waals surface area (Å²) >= 11 is 0. The first kappa shape index (κ1) is 16.4. The summed E-state index contributed by atoms with van der Waals surface area (Å²) in [6.45, 7) is 0. The van der Waals surface area contributed by atoms with Crippen LogP contribution in [0.5, 0.6) is 0 Å². The van der Waals surface area contributed by atoms with Gasteiger partial charge in [-0.05, 0) is 36.4 Å². The maximum atomic E-state index is 12.6. The molecule has 8 heteroatoms. The Bertz CT molecular complexity index is 1050. The van der Waals surface area contributed by atoms with Gasteiger partial charge >= 0.3 is 0 Å². The number of benzene rings is 2. The van der Waals surface area contributed by atoms with Gasteiger partial charge in [0.2, 0.25) is 5.95 Å². The van der Waals surface area contributed by atoms with Crippen LogP contribution >= 0.6 is 0 Å². The normalized spacial score (nSPS) is 10.4. The molecule has 0 spiro atoms. The number of aromatic amines is 1. The van der Waals surface area contributed by atoms with Gasteiger partial charge in [-0.25, -0.2) is 15.0 Å². The summed E-state index contributed by atoms with van der Waals surface area (Å²) < 4.78 is 0. The Hall–Kier alpha value is -4.07. The highest BCUT2D eigenvalue weighted by molar-refractivity contribution is 6.05. The number of carbonyl (C=O) groups is 1. The molecule has 2 heterocycles. The Morgan fingerprint density at radius 3 is 2.52 bits per heavy atom. The maximum absolute atomic E-state index is 12.6. The van der Waals surface area contributed by atoms with Crippen LogP contribution in [0.4, 0.5) is 17.3 Å². The van der Waals surface area contributed by atoms with Crippen molar-refractivity contribution in [2.75, 3.05) is 10.6 Å². The molecule has 1 amide bonds. The molecule has 3 N–H and O–H groups in total. The lowest BCUT2D eigenvalue weighted by molar-refractivity contribution is 0.102. The van der Waals surface area contributed by atoms with E-state index in [2.05, 4.69) is 35.8 Å². The third kappa shape index (κ3) is 3.96. The molecule has 0 unspecified atom stereocenters. The molecule has 4 aromatic rings. The van der Waals surface area contributed by atoms with E-state index in [9.17, 15) is 4.79 Å². The summed E-state index contributed by atoms with van der Waals surface area (Å²) in [6, 6.07) is 16.2. The Labute approximate surface area is 154 Å². The summed E-state index contributed by atoms with van der Waals surface area (Å²) in [7, 11) is 0. The van der Waals surface area contributed by atoms with Crippen molar-refractivity contribution in [1.82, 2.24) is 25.1 Å². The molecule has 0 fully saturated rings. The Balaban J connectivity index is 1.50. The van der Waals surface area contributed by atoms with Crippen LogP contribution in [0.2, 0.25) is 0 Å². The summed E-state index contributed by atoms with van der Waals surface area (Å²) in [6.07, 6.45) is 4.73. The molecule has 0 radical (unpaired) electrons. The Morgan fingerprint density at radius 2 is 1.70 bits per heavy atom. The fourth-order valence-electron chi connectivity index (χ4n) is 2.52. The topological polar surface area (TPSA) is 108 Å². The van der Waals surface area contributed by atoms with Crippen molar-refractivity contribution in [2.24, 2.45) is 0 Å². The van der Waals surface area contributed by atoms with Crippen LogP contribution in [0, 0.1) is 0 Å². The molecule has 8 nitrogen and oxygen atoms in total. The van der Waals surface area contributed by atoms with Gasteiger partial charge in [0.05, 0.1) is 0 Å². The summed E-state index contributed by atoms with van der Waals surface area (Å²) in [5.74, 6) is 0.886. The van der Waals surface area contributed by atoms with E-state index < -0.39 is 0 Å². The number of nitrogens with zero attached hydrogens (tertiary/aromatic N) is 4. The van der Waals surface area contributed by atoms with Gasteiger partial charge in [0.1, 0.15) is 6.33 Å². The molecule has 0 saturated carbocycles. The fraction of sp³-hybridized carbons (Fsp3) is 0. The third-order valence-corrected chi connectivity index (χ3v) is 3.76. The second kappa shape index (κ2) is 7.44. The average molecular weight is 357 g/mol. The smallest absolute Gasteiger partial charge is 0.255 e. The maximum Gasteiger partial charge on any atom is 0.255 e. The number of H-pyrrole nitrogens is 1. The van der Waals surface area contributed by atoms with Crippen molar-refractivity contribution in [3.05, 3.63) is 78.9 Å². The molecule has 0 atom stereocenters. The predicted octanol–water partition coefficient (Wildman–Crippen LogP) is 3.26. The quantitative estimate of drug-likeness (QED) is 0.506. The van der Waals surface area contributed by atoms with Crippen LogP contribution in [-0.4, -0.2) is 31.1 Å². The summed E-state index contributed by atoms with van der Waals surface area (Å²) in [4.78, 5) is 25.0. The first-order chi connectivity index (χ1) is 13.3. The highest BCUT2D eigenvalue weighted by atomic mass is 16.1. The monoisotopic (exact) mass is 357 g/mol. The molecule has 0 bridgehead atoms. The van der Waals surface area contributed by atoms with E-state index in [0.29, 0.717) is 23.0 Å².